The summed E-state index contributed by atoms with van der Waals surface area (Å²) in [4.78, 5) is 0. The van der Waals surface area contributed by atoms with Crippen LogP contribution in [-0.4, -0.2) is 0 Å². The van der Waals surface area contributed by atoms with Crippen LogP contribution in [0, 0.1) is 0 Å². The topological polar surface area (TPSA) is 9.23 Å². The van der Waals surface area contributed by atoms with Gasteiger partial charge in [0.25, 0.3) is 0 Å². The van der Waals surface area contributed by atoms with Crippen molar-refractivity contribution in [3.63, 3.8) is 0 Å². The molecule has 1 aromatic rings. The minimum Gasteiger partial charge on any atom is -0.385 e. The smallest absolute Gasteiger partial charge is 0.153 e. The quantitative estimate of drug-likeness (QED) is 0.681. The number of hydrogen-bond acceptors (Lipinski definition) is 1. The molecule has 0 aromatic heterocycles. The third-order valence-corrected chi connectivity index (χ3v) is 3.31. The van der Waals surface area contributed by atoms with E-state index in [1.54, 1.807) is 0 Å². The second kappa shape index (κ2) is 5.77. The van der Waals surface area contributed by atoms with E-state index < -0.39 is 0 Å². The van der Waals surface area contributed by atoms with E-state index in [2.05, 4.69) is 53.7 Å². The Balaban J connectivity index is 3.46. The van der Waals surface area contributed by atoms with Crippen molar-refractivity contribution in [2.75, 3.05) is 0 Å². The highest BCUT2D eigenvalue weighted by Crippen LogP contribution is 2.38. The van der Waals surface area contributed by atoms with Gasteiger partial charge in [0, 0.05) is 0 Å². The van der Waals surface area contributed by atoms with Crippen LogP contribution in [0.3, 0.4) is 0 Å². The molecule has 0 spiro atoms. The van der Waals surface area contributed by atoms with Gasteiger partial charge in [0.2, 0.25) is 0 Å². The van der Waals surface area contributed by atoms with E-state index in [-0.39, 0.29) is 0 Å². The molecule has 0 saturated carbocycles. The molecule has 0 aliphatic heterocycles. The molecule has 0 fully saturated rings. The van der Waals surface area contributed by atoms with Crippen LogP contribution in [-0.2, 0) is 0 Å². The monoisotopic (exact) mass is 254 g/mol. The van der Waals surface area contributed by atoms with E-state index in [0.717, 1.165) is 5.75 Å². The van der Waals surface area contributed by atoms with Crippen molar-refractivity contribution in [1.82, 2.24) is 0 Å². The first-order valence-corrected chi connectivity index (χ1v) is 6.65. The Morgan fingerprint density at radius 3 is 1.47 bits per heavy atom. The first-order chi connectivity index (χ1) is 7.88. The predicted octanol–water partition coefficient (Wildman–Crippen LogP) is 5.59. The molecular formula is C15H23ClO. The zero-order chi connectivity index (χ0) is 13.2. The lowest BCUT2D eigenvalue weighted by molar-refractivity contribution is 0.580. The standard InChI is InChI=1S/C15H23ClO/c1-9(2)12-7-13(10(3)4)15(17-16)14(8-12)11(5)6/h7-11H,1-6H3. The SMILES string of the molecule is CC(C)c1cc(C(C)C)c(OCl)c(C(C)C)c1. The third-order valence-electron chi connectivity index (χ3n) is 3.16. The zero-order valence-electron chi connectivity index (χ0n) is 11.7. The summed E-state index contributed by atoms with van der Waals surface area (Å²) in [5.74, 6) is 2.20. The first-order valence-electron chi connectivity index (χ1n) is 6.34. The van der Waals surface area contributed by atoms with E-state index in [4.69, 9.17) is 16.2 Å². The van der Waals surface area contributed by atoms with Gasteiger partial charge in [0.1, 0.15) is 11.9 Å². The molecule has 1 rings (SSSR count). The molecule has 0 unspecified atom stereocenters. The second-order valence-electron chi connectivity index (χ2n) is 5.57. The van der Waals surface area contributed by atoms with Crippen LogP contribution in [0.2, 0.25) is 0 Å². The van der Waals surface area contributed by atoms with Gasteiger partial charge in [-0.3, -0.25) is 0 Å². The minimum atomic E-state index is 0.417. The summed E-state index contributed by atoms with van der Waals surface area (Å²) in [7, 11) is 0. The lowest BCUT2D eigenvalue weighted by atomic mass is 9.88. The summed E-state index contributed by atoms with van der Waals surface area (Å²) in [6.07, 6.45) is 0. The highest BCUT2D eigenvalue weighted by atomic mass is 35.5. The van der Waals surface area contributed by atoms with Gasteiger partial charge in [0.15, 0.2) is 5.75 Å². The molecule has 0 saturated heterocycles. The number of hydrogen-bond donors (Lipinski definition) is 0. The van der Waals surface area contributed by atoms with Gasteiger partial charge in [-0.2, -0.15) is 0 Å². The van der Waals surface area contributed by atoms with Crippen molar-refractivity contribution in [3.8, 4) is 5.75 Å². The van der Waals surface area contributed by atoms with Crippen LogP contribution < -0.4 is 4.29 Å². The molecule has 0 radical (unpaired) electrons. The van der Waals surface area contributed by atoms with Crippen LogP contribution in [0.25, 0.3) is 0 Å². The summed E-state index contributed by atoms with van der Waals surface area (Å²) in [5, 5.41) is 0. The highest BCUT2D eigenvalue weighted by molar-refractivity contribution is 6.09. The Labute approximate surface area is 110 Å². The van der Waals surface area contributed by atoms with Gasteiger partial charge in [-0.1, -0.05) is 53.7 Å². The van der Waals surface area contributed by atoms with E-state index in [0.29, 0.717) is 17.8 Å². The molecule has 0 aliphatic rings. The third kappa shape index (κ3) is 3.16. The normalized spacial score (nSPS) is 11.6. The Bertz CT molecular complexity index is 352. The van der Waals surface area contributed by atoms with Crippen LogP contribution in [0.15, 0.2) is 12.1 Å². The van der Waals surface area contributed by atoms with Crippen molar-refractivity contribution >= 4 is 11.9 Å². The van der Waals surface area contributed by atoms with Gasteiger partial charge < -0.3 is 4.29 Å². The molecule has 0 N–H and O–H groups in total. The molecule has 17 heavy (non-hydrogen) atoms. The maximum atomic E-state index is 5.66. The lowest BCUT2D eigenvalue weighted by Gasteiger charge is -2.20. The van der Waals surface area contributed by atoms with Crippen LogP contribution in [0.4, 0.5) is 0 Å². The molecule has 0 amide bonds. The van der Waals surface area contributed by atoms with Gasteiger partial charge in [-0.05, 0) is 34.4 Å². The average molecular weight is 255 g/mol. The summed E-state index contributed by atoms with van der Waals surface area (Å²) in [6.45, 7) is 13.1. The first kappa shape index (κ1) is 14.4. The second-order valence-corrected chi connectivity index (χ2v) is 5.72. The van der Waals surface area contributed by atoms with E-state index in [1.165, 1.54) is 16.7 Å². The summed E-state index contributed by atoms with van der Waals surface area (Å²) < 4.78 is 5.11. The van der Waals surface area contributed by atoms with Crippen LogP contribution in [0.5, 0.6) is 5.75 Å². The summed E-state index contributed by atoms with van der Waals surface area (Å²) >= 11 is 5.66. The van der Waals surface area contributed by atoms with Crippen molar-refractivity contribution in [2.24, 2.45) is 0 Å². The van der Waals surface area contributed by atoms with E-state index >= 15 is 0 Å². The highest BCUT2D eigenvalue weighted by Gasteiger charge is 2.18. The predicted molar refractivity (Wildman–Crippen MR) is 75.2 cm³/mol. The summed E-state index contributed by atoms with van der Waals surface area (Å²) in [5.41, 5.74) is 3.76. The molecule has 1 nitrogen and oxygen atoms in total. The van der Waals surface area contributed by atoms with Crippen molar-refractivity contribution in [1.29, 1.82) is 0 Å². The average Bonchev–Trinajstić information content (AvgIpc) is 2.26. The fourth-order valence-corrected chi connectivity index (χ4v) is 2.16. The largest absolute Gasteiger partial charge is 0.385 e. The van der Waals surface area contributed by atoms with Crippen molar-refractivity contribution in [2.45, 2.75) is 59.3 Å². The molecular weight excluding hydrogens is 232 g/mol. The van der Waals surface area contributed by atoms with Gasteiger partial charge in [-0.25, -0.2) is 0 Å². The van der Waals surface area contributed by atoms with Crippen LogP contribution >= 0.6 is 11.9 Å². The van der Waals surface area contributed by atoms with Crippen LogP contribution in [0.1, 0.15) is 76.0 Å². The maximum absolute atomic E-state index is 5.66. The fourth-order valence-electron chi connectivity index (χ4n) is 1.98. The van der Waals surface area contributed by atoms with Gasteiger partial charge in [0.05, 0.1) is 0 Å². The number of halogens is 1. The summed E-state index contributed by atoms with van der Waals surface area (Å²) in [6, 6.07) is 4.44. The van der Waals surface area contributed by atoms with Gasteiger partial charge >= 0.3 is 0 Å². The molecule has 0 bridgehead atoms. The molecule has 1 aromatic carbocycles. The zero-order valence-corrected chi connectivity index (χ0v) is 12.4. The Kier molecular flexibility index (Phi) is 4.88. The Morgan fingerprint density at radius 2 is 1.24 bits per heavy atom. The Morgan fingerprint density at radius 1 is 0.824 bits per heavy atom. The van der Waals surface area contributed by atoms with Crippen molar-refractivity contribution < 1.29 is 4.29 Å². The fraction of sp³-hybridized carbons (Fsp3) is 0.600. The maximum Gasteiger partial charge on any atom is 0.153 e. The molecule has 96 valence electrons. The van der Waals surface area contributed by atoms with E-state index in [9.17, 15) is 0 Å². The van der Waals surface area contributed by atoms with Crippen molar-refractivity contribution in [3.05, 3.63) is 28.8 Å². The number of benzene rings is 1. The molecule has 2 heteroatoms. The van der Waals surface area contributed by atoms with E-state index in [1.807, 2.05) is 0 Å². The Hall–Kier alpha value is -0.690. The molecule has 0 heterocycles. The molecule has 0 aliphatic carbocycles. The lowest BCUT2D eigenvalue weighted by Crippen LogP contribution is -2.02. The number of rotatable bonds is 4. The van der Waals surface area contributed by atoms with Gasteiger partial charge in [-0.15, -0.1) is 0 Å². The molecule has 0 atom stereocenters. The minimum absolute atomic E-state index is 0.417.